The van der Waals surface area contributed by atoms with E-state index in [1.54, 1.807) is 6.20 Å². The molecule has 2 heterocycles. The summed E-state index contributed by atoms with van der Waals surface area (Å²) in [6, 6.07) is 3.87. The highest BCUT2D eigenvalue weighted by Crippen LogP contribution is 2.35. The van der Waals surface area contributed by atoms with E-state index in [1.165, 1.54) is 30.6 Å². The van der Waals surface area contributed by atoms with E-state index in [9.17, 15) is 4.79 Å². The highest BCUT2D eigenvalue weighted by molar-refractivity contribution is 6.31. The maximum absolute atomic E-state index is 11.4. The summed E-state index contributed by atoms with van der Waals surface area (Å²) in [6.45, 7) is 0.385. The van der Waals surface area contributed by atoms with E-state index < -0.39 is 0 Å². The molecule has 0 N–H and O–H groups in total. The number of methoxy groups -OCH3 is 1. The third kappa shape index (κ3) is 3.82. The molecule has 0 amide bonds. The van der Waals surface area contributed by atoms with Gasteiger partial charge < -0.3 is 9.47 Å². The topological polar surface area (TPSA) is 61.3 Å². The van der Waals surface area contributed by atoms with Crippen molar-refractivity contribution in [1.29, 1.82) is 0 Å². The third-order valence-electron chi connectivity index (χ3n) is 4.32. The Hall–Kier alpha value is -2.40. The minimum absolute atomic E-state index is 0.370. The molecule has 0 spiro atoms. The van der Waals surface area contributed by atoms with Crippen LogP contribution in [-0.2, 0) is 0 Å². The van der Waals surface area contributed by atoms with Crippen molar-refractivity contribution in [1.82, 2.24) is 9.97 Å². The number of pyridine rings is 2. The van der Waals surface area contributed by atoms with Crippen LogP contribution in [0.1, 0.15) is 41.6 Å². The maximum atomic E-state index is 11.4. The Morgan fingerprint density at radius 2 is 2.04 bits per heavy atom. The fourth-order valence-corrected chi connectivity index (χ4v) is 3.29. The molecular weight excluding hydrogens is 340 g/mol. The molecule has 6 heteroatoms. The molecule has 5 nitrogen and oxygen atoms in total. The highest BCUT2D eigenvalue weighted by Gasteiger charge is 2.18. The largest absolute Gasteiger partial charge is 0.494 e. The number of hydrogen-bond acceptors (Lipinski definition) is 5. The standard InChI is InChI=1S/C19H19ClN2O3/c1-24-17-9-21-10-18(16(17)11-23)25-12-13-5-2-3-6-14(13)15-7-4-8-22-19(15)20/h4,7-11H,2-3,5-6,12H2,1H3. The minimum Gasteiger partial charge on any atom is -0.494 e. The van der Waals surface area contributed by atoms with Crippen LogP contribution in [-0.4, -0.2) is 30.0 Å². The summed E-state index contributed by atoms with van der Waals surface area (Å²) >= 11 is 6.27. The zero-order valence-corrected chi connectivity index (χ0v) is 14.8. The van der Waals surface area contributed by atoms with E-state index in [1.807, 2.05) is 12.1 Å². The van der Waals surface area contributed by atoms with Gasteiger partial charge in [-0.2, -0.15) is 0 Å². The van der Waals surface area contributed by atoms with Gasteiger partial charge in [-0.1, -0.05) is 17.7 Å². The lowest BCUT2D eigenvalue weighted by molar-refractivity contribution is 0.111. The molecule has 2 aromatic rings. The number of ether oxygens (including phenoxy) is 2. The first kappa shape index (κ1) is 17.4. The number of rotatable bonds is 6. The van der Waals surface area contributed by atoms with Gasteiger partial charge in [0.1, 0.15) is 17.3 Å². The average Bonchev–Trinajstić information content (AvgIpc) is 2.66. The van der Waals surface area contributed by atoms with Crippen LogP contribution in [0.5, 0.6) is 11.5 Å². The normalized spacial score (nSPS) is 14.3. The average molecular weight is 359 g/mol. The summed E-state index contributed by atoms with van der Waals surface area (Å²) in [5.74, 6) is 0.824. The van der Waals surface area contributed by atoms with E-state index >= 15 is 0 Å². The number of allylic oxidation sites excluding steroid dienone is 1. The zero-order chi connectivity index (χ0) is 17.6. The molecule has 0 unspecified atom stereocenters. The molecular formula is C19H19ClN2O3. The van der Waals surface area contributed by atoms with Gasteiger partial charge in [0.25, 0.3) is 0 Å². The summed E-state index contributed by atoms with van der Waals surface area (Å²) in [6.07, 6.45) is 9.55. The van der Waals surface area contributed by atoms with E-state index in [-0.39, 0.29) is 0 Å². The lowest BCUT2D eigenvalue weighted by Gasteiger charge is -2.22. The first-order valence-electron chi connectivity index (χ1n) is 8.16. The first-order chi connectivity index (χ1) is 12.2. The molecule has 0 atom stereocenters. The summed E-state index contributed by atoms with van der Waals surface area (Å²) in [5.41, 5.74) is 3.70. The Kier molecular flexibility index (Phi) is 5.66. The molecule has 0 saturated carbocycles. The zero-order valence-electron chi connectivity index (χ0n) is 14.0. The Balaban J connectivity index is 1.88. The Bertz CT molecular complexity index is 805. The van der Waals surface area contributed by atoms with Crippen molar-refractivity contribution in [3.8, 4) is 11.5 Å². The van der Waals surface area contributed by atoms with Gasteiger partial charge in [-0.15, -0.1) is 0 Å². The Morgan fingerprint density at radius 1 is 1.24 bits per heavy atom. The molecule has 0 aliphatic heterocycles. The molecule has 1 aliphatic carbocycles. The van der Waals surface area contributed by atoms with Gasteiger partial charge in [0.15, 0.2) is 17.8 Å². The minimum atomic E-state index is 0.370. The molecule has 0 fully saturated rings. The van der Waals surface area contributed by atoms with Crippen molar-refractivity contribution >= 4 is 23.5 Å². The number of hydrogen-bond donors (Lipinski definition) is 0. The number of aromatic nitrogens is 2. The van der Waals surface area contributed by atoms with Crippen LogP contribution in [0.15, 0.2) is 36.3 Å². The lowest BCUT2D eigenvalue weighted by Crippen LogP contribution is -2.10. The highest BCUT2D eigenvalue weighted by atomic mass is 35.5. The second-order valence-electron chi connectivity index (χ2n) is 5.79. The van der Waals surface area contributed by atoms with Gasteiger partial charge in [0.05, 0.1) is 19.5 Å². The fourth-order valence-electron chi connectivity index (χ4n) is 3.06. The number of nitrogens with zero attached hydrogens (tertiary/aromatic N) is 2. The Labute approximate surface area is 151 Å². The van der Waals surface area contributed by atoms with E-state index in [0.29, 0.717) is 28.8 Å². The van der Waals surface area contributed by atoms with Gasteiger partial charge in [-0.3, -0.25) is 9.78 Å². The van der Waals surface area contributed by atoms with Crippen LogP contribution in [0.25, 0.3) is 5.57 Å². The van der Waals surface area contributed by atoms with Crippen LogP contribution in [0.3, 0.4) is 0 Å². The summed E-state index contributed by atoms with van der Waals surface area (Å²) in [7, 11) is 1.50. The van der Waals surface area contributed by atoms with Gasteiger partial charge in [0.2, 0.25) is 0 Å². The second-order valence-corrected chi connectivity index (χ2v) is 6.15. The number of halogens is 1. The molecule has 0 aromatic carbocycles. The summed E-state index contributed by atoms with van der Waals surface area (Å²) < 4.78 is 11.1. The molecule has 1 aliphatic rings. The third-order valence-corrected chi connectivity index (χ3v) is 4.62. The van der Waals surface area contributed by atoms with Crippen molar-refractivity contribution in [2.24, 2.45) is 0 Å². The molecule has 0 bridgehead atoms. The molecule has 0 saturated heterocycles. The first-order valence-corrected chi connectivity index (χ1v) is 8.54. The van der Waals surface area contributed by atoms with E-state index in [2.05, 4.69) is 9.97 Å². The molecule has 3 rings (SSSR count). The SMILES string of the molecule is COc1cncc(OCC2=C(c3cccnc3Cl)CCCC2)c1C=O. The summed E-state index contributed by atoms with van der Waals surface area (Å²) in [5, 5.41) is 0.508. The second kappa shape index (κ2) is 8.12. The van der Waals surface area contributed by atoms with Gasteiger partial charge in [-0.25, -0.2) is 4.98 Å². The predicted octanol–water partition coefficient (Wildman–Crippen LogP) is 4.36. The smallest absolute Gasteiger partial charge is 0.157 e. The van der Waals surface area contributed by atoms with Crippen LogP contribution in [0.4, 0.5) is 0 Å². The quantitative estimate of drug-likeness (QED) is 0.567. The van der Waals surface area contributed by atoms with E-state index in [0.717, 1.165) is 37.5 Å². The number of carbonyl (C=O) groups is 1. The van der Waals surface area contributed by atoms with Gasteiger partial charge in [-0.05, 0) is 42.9 Å². The molecule has 2 aromatic heterocycles. The molecule has 130 valence electrons. The summed E-state index contributed by atoms with van der Waals surface area (Å²) in [4.78, 5) is 19.6. The lowest BCUT2D eigenvalue weighted by atomic mass is 9.88. The van der Waals surface area contributed by atoms with Crippen molar-refractivity contribution < 1.29 is 14.3 Å². The van der Waals surface area contributed by atoms with Crippen LogP contribution in [0, 0.1) is 0 Å². The van der Waals surface area contributed by atoms with Gasteiger partial charge >= 0.3 is 0 Å². The van der Waals surface area contributed by atoms with Crippen LogP contribution >= 0.6 is 11.6 Å². The van der Waals surface area contributed by atoms with Crippen LogP contribution < -0.4 is 9.47 Å². The van der Waals surface area contributed by atoms with Gasteiger partial charge in [0, 0.05) is 11.8 Å². The van der Waals surface area contributed by atoms with Crippen molar-refractivity contribution in [2.45, 2.75) is 25.7 Å². The molecule has 0 radical (unpaired) electrons. The van der Waals surface area contributed by atoms with Crippen molar-refractivity contribution in [2.75, 3.05) is 13.7 Å². The predicted molar refractivity (Wildman–Crippen MR) is 96.3 cm³/mol. The monoisotopic (exact) mass is 358 g/mol. The maximum Gasteiger partial charge on any atom is 0.157 e. The fraction of sp³-hybridized carbons (Fsp3) is 0.316. The van der Waals surface area contributed by atoms with Crippen LogP contribution in [0.2, 0.25) is 5.15 Å². The number of aldehydes is 1. The molecule has 25 heavy (non-hydrogen) atoms. The van der Waals surface area contributed by atoms with Crippen molar-refractivity contribution in [3.63, 3.8) is 0 Å². The van der Waals surface area contributed by atoms with Crippen molar-refractivity contribution in [3.05, 3.63) is 52.6 Å². The Morgan fingerprint density at radius 3 is 2.80 bits per heavy atom. The van der Waals surface area contributed by atoms with E-state index in [4.69, 9.17) is 21.1 Å². The number of carbonyl (C=O) groups excluding carboxylic acids is 1.